The highest BCUT2D eigenvalue weighted by molar-refractivity contribution is 4.86. The van der Waals surface area contributed by atoms with Gasteiger partial charge in [0.25, 0.3) is 0 Å². The zero-order chi connectivity index (χ0) is 10.7. The topological polar surface area (TPSA) is 24.5 Å². The highest BCUT2D eigenvalue weighted by Gasteiger charge is 2.28. The summed E-state index contributed by atoms with van der Waals surface area (Å²) < 4.78 is 5.41. The summed E-state index contributed by atoms with van der Waals surface area (Å²) in [4.78, 5) is 2.59. The summed E-state index contributed by atoms with van der Waals surface area (Å²) in [6, 6.07) is 1.55. The number of rotatable bonds is 6. The van der Waals surface area contributed by atoms with Gasteiger partial charge < -0.3 is 10.1 Å². The average Bonchev–Trinajstić information content (AvgIpc) is 2.96. The summed E-state index contributed by atoms with van der Waals surface area (Å²) >= 11 is 0. The van der Waals surface area contributed by atoms with Gasteiger partial charge in [-0.1, -0.05) is 6.92 Å². The molecular weight excluding hydrogens is 188 g/mol. The third-order valence-electron chi connectivity index (χ3n) is 3.72. The molecule has 1 aliphatic heterocycles. The van der Waals surface area contributed by atoms with Crippen LogP contribution in [0.3, 0.4) is 0 Å². The van der Waals surface area contributed by atoms with Crippen LogP contribution in [-0.4, -0.2) is 49.8 Å². The molecule has 0 aromatic heterocycles. The first kappa shape index (κ1) is 11.4. The van der Waals surface area contributed by atoms with Crippen LogP contribution in [0.4, 0.5) is 0 Å². The lowest BCUT2D eigenvalue weighted by atomic mass is 10.2. The lowest BCUT2D eigenvalue weighted by molar-refractivity contribution is 0.0999. The fourth-order valence-electron chi connectivity index (χ4n) is 2.40. The molecule has 0 spiro atoms. The van der Waals surface area contributed by atoms with Crippen LogP contribution in [-0.2, 0) is 4.74 Å². The Morgan fingerprint density at radius 3 is 2.73 bits per heavy atom. The van der Waals surface area contributed by atoms with E-state index in [1.54, 1.807) is 0 Å². The summed E-state index contributed by atoms with van der Waals surface area (Å²) in [7, 11) is 1.83. The van der Waals surface area contributed by atoms with E-state index >= 15 is 0 Å². The predicted molar refractivity (Wildman–Crippen MR) is 62.1 cm³/mol. The van der Waals surface area contributed by atoms with Crippen LogP contribution in [0, 0.1) is 0 Å². The first-order chi connectivity index (χ1) is 7.33. The Bertz CT molecular complexity index is 194. The molecule has 88 valence electrons. The van der Waals surface area contributed by atoms with Gasteiger partial charge in [0.1, 0.15) is 0 Å². The standard InChI is InChI=1S/C12H24N2O/c1-3-11(8-13-10-4-5-10)14-7-6-12(9-14)15-2/h10-13H,3-9H2,1-2H3. The van der Waals surface area contributed by atoms with Crippen LogP contribution < -0.4 is 5.32 Å². The molecule has 0 aromatic carbocycles. The molecule has 2 aliphatic rings. The molecule has 1 heterocycles. The molecular formula is C12H24N2O. The Morgan fingerprint density at radius 2 is 2.20 bits per heavy atom. The first-order valence-corrected chi connectivity index (χ1v) is 6.33. The molecule has 2 rings (SSSR count). The van der Waals surface area contributed by atoms with Gasteiger partial charge in [-0.15, -0.1) is 0 Å². The molecule has 1 saturated heterocycles. The Balaban J connectivity index is 1.73. The number of nitrogens with zero attached hydrogens (tertiary/aromatic N) is 1. The minimum atomic E-state index is 0.472. The first-order valence-electron chi connectivity index (χ1n) is 6.33. The van der Waals surface area contributed by atoms with Crippen molar-refractivity contribution in [1.82, 2.24) is 10.2 Å². The number of nitrogens with one attached hydrogen (secondary N) is 1. The van der Waals surface area contributed by atoms with Gasteiger partial charge in [0, 0.05) is 38.8 Å². The van der Waals surface area contributed by atoms with Gasteiger partial charge in [0.2, 0.25) is 0 Å². The summed E-state index contributed by atoms with van der Waals surface area (Å²) in [6.45, 7) is 5.79. The van der Waals surface area contributed by atoms with E-state index < -0.39 is 0 Å². The lowest BCUT2D eigenvalue weighted by Gasteiger charge is -2.27. The third-order valence-corrected chi connectivity index (χ3v) is 3.72. The van der Waals surface area contributed by atoms with E-state index in [1.165, 1.54) is 32.2 Å². The monoisotopic (exact) mass is 212 g/mol. The molecule has 1 aliphatic carbocycles. The predicted octanol–water partition coefficient (Wildman–Crippen LogP) is 1.24. The summed E-state index contributed by atoms with van der Waals surface area (Å²) in [5, 5.41) is 3.63. The van der Waals surface area contributed by atoms with Gasteiger partial charge in [-0.05, 0) is 25.7 Å². The van der Waals surface area contributed by atoms with Crippen molar-refractivity contribution in [3.63, 3.8) is 0 Å². The van der Waals surface area contributed by atoms with Gasteiger partial charge in [-0.25, -0.2) is 0 Å². The van der Waals surface area contributed by atoms with E-state index in [1.807, 2.05) is 7.11 Å². The summed E-state index contributed by atoms with van der Waals surface area (Å²) in [6.07, 6.45) is 5.70. The molecule has 0 bridgehead atoms. The second kappa shape index (κ2) is 5.28. The second-order valence-electron chi connectivity index (χ2n) is 4.89. The van der Waals surface area contributed by atoms with Gasteiger partial charge >= 0.3 is 0 Å². The lowest BCUT2D eigenvalue weighted by Crippen LogP contribution is -2.41. The van der Waals surface area contributed by atoms with Gasteiger partial charge in [-0.3, -0.25) is 4.90 Å². The number of hydrogen-bond acceptors (Lipinski definition) is 3. The van der Waals surface area contributed by atoms with Gasteiger partial charge in [-0.2, -0.15) is 0 Å². The largest absolute Gasteiger partial charge is 0.380 e. The molecule has 2 unspecified atom stereocenters. The maximum atomic E-state index is 5.41. The SMILES string of the molecule is CCC(CNC1CC1)N1CCC(OC)C1. The average molecular weight is 212 g/mol. The number of methoxy groups -OCH3 is 1. The van der Waals surface area contributed by atoms with Crippen molar-refractivity contribution in [2.24, 2.45) is 0 Å². The summed E-state index contributed by atoms with van der Waals surface area (Å²) in [5.41, 5.74) is 0. The molecule has 3 nitrogen and oxygen atoms in total. The quantitative estimate of drug-likeness (QED) is 0.717. The third kappa shape index (κ3) is 3.16. The molecule has 1 saturated carbocycles. The molecule has 0 amide bonds. The maximum absolute atomic E-state index is 5.41. The Morgan fingerprint density at radius 1 is 1.40 bits per heavy atom. The Kier molecular flexibility index (Phi) is 4.00. The molecule has 3 heteroatoms. The molecule has 0 aromatic rings. The van der Waals surface area contributed by atoms with Crippen molar-refractivity contribution in [2.75, 3.05) is 26.7 Å². The fourth-order valence-corrected chi connectivity index (χ4v) is 2.40. The molecule has 15 heavy (non-hydrogen) atoms. The molecule has 0 radical (unpaired) electrons. The van der Waals surface area contributed by atoms with Crippen molar-refractivity contribution in [3.05, 3.63) is 0 Å². The van der Waals surface area contributed by atoms with E-state index in [-0.39, 0.29) is 0 Å². The normalized spacial score (nSPS) is 29.6. The van der Waals surface area contributed by atoms with E-state index in [4.69, 9.17) is 4.74 Å². The van der Waals surface area contributed by atoms with Crippen molar-refractivity contribution in [2.45, 2.75) is 50.8 Å². The number of ether oxygens (including phenoxy) is 1. The molecule has 1 N–H and O–H groups in total. The molecule has 2 atom stereocenters. The van der Waals surface area contributed by atoms with E-state index in [0.717, 1.165) is 19.1 Å². The Labute approximate surface area is 93.2 Å². The van der Waals surface area contributed by atoms with Gasteiger partial charge in [0.05, 0.1) is 6.10 Å². The second-order valence-corrected chi connectivity index (χ2v) is 4.89. The van der Waals surface area contributed by atoms with Crippen molar-refractivity contribution >= 4 is 0 Å². The van der Waals surface area contributed by atoms with E-state index in [9.17, 15) is 0 Å². The number of hydrogen-bond donors (Lipinski definition) is 1. The number of likely N-dealkylation sites (tertiary alicyclic amines) is 1. The highest BCUT2D eigenvalue weighted by atomic mass is 16.5. The van der Waals surface area contributed by atoms with Crippen molar-refractivity contribution in [3.8, 4) is 0 Å². The van der Waals surface area contributed by atoms with E-state index in [0.29, 0.717) is 12.1 Å². The van der Waals surface area contributed by atoms with Crippen LogP contribution in [0.5, 0.6) is 0 Å². The van der Waals surface area contributed by atoms with Crippen LogP contribution in [0.2, 0.25) is 0 Å². The van der Waals surface area contributed by atoms with Crippen LogP contribution >= 0.6 is 0 Å². The van der Waals surface area contributed by atoms with Crippen LogP contribution in [0.15, 0.2) is 0 Å². The van der Waals surface area contributed by atoms with E-state index in [2.05, 4.69) is 17.1 Å². The smallest absolute Gasteiger partial charge is 0.0710 e. The minimum Gasteiger partial charge on any atom is -0.380 e. The summed E-state index contributed by atoms with van der Waals surface area (Å²) in [5.74, 6) is 0. The van der Waals surface area contributed by atoms with Crippen molar-refractivity contribution in [1.29, 1.82) is 0 Å². The zero-order valence-corrected chi connectivity index (χ0v) is 10.0. The fraction of sp³-hybridized carbons (Fsp3) is 1.00. The Hall–Kier alpha value is -0.120. The zero-order valence-electron chi connectivity index (χ0n) is 10.0. The minimum absolute atomic E-state index is 0.472. The van der Waals surface area contributed by atoms with Crippen molar-refractivity contribution < 1.29 is 4.74 Å². The van der Waals surface area contributed by atoms with Gasteiger partial charge in [0.15, 0.2) is 0 Å². The van der Waals surface area contributed by atoms with Crippen LogP contribution in [0.25, 0.3) is 0 Å². The molecule has 2 fully saturated rings. The highest BCUT2D eigenvalue weighted by Crippen LogP contribution is 2.20. The maximum Gasteiger partial charge on any atom is 0.0710 e. The van der Waals surface area contributed by atoms with Crippen LogP contribution in [0.1, 0.15) is 32.6 Å².